The maximum Gasteiger partial charge on any atom is 0.396 e. The lowest BCUT2D eigenvalue weighted by atomic mass is 10.2. The van der Waals surface area contributed by atoms with Crippen LogP contribution in [0.2, 0.25) is 0 Å². The Balaban J connectivity index is 2.16. The molecule has 4 nitrogen and oxygen atoms in total. The number of carbonyl (C=O) groups excluding carboxylic acids is 2. The van der Waals surface area contributed by atoms with E-state index in [4.69, 9.17) is 0 Å². The van der Waals surface area contributed by atoms with Gasteiger partial charge in [0.1, 0.15) is 0 Å². The lowest BCUT2D eigenvalue weighted by Gasteiger charge is -2.08. The van der Waals surface area contributed by atoms with Crippen LogP contribution in [0.5, 0.6) is 0 Å². The molecule has 0 radical (unpaired) electrons. The van der Waals surface area contributed by atoms with E-state index in [9.17, 15) is 9.59 Å². The van der Waals surface area contributed by atoms with E-state index >= 15 is 0 Å². The molecule has 1 amide bonds. The predicted molar refractivity (Wildman–Crippen MR) is 55.1 cm³/mol. The molecule has 1 heterocycles. The molecule has 1 fully saturated rings. The summed E-state index contributed by atoms with van der Waals surface area (Å²) in [5, 5.41) is 3.04. The fourth-order valence-electron chi connectivity index (χ4n) is 1.28. The summed E-state index contributed by atoms with van der Waals surface area (Å²) in [6.45, 7) is 2.49. The number of hydrogen-bond donors (Lipinski definition) is 1. The van der Waals surface area contributed by atoms with E-state index in [1.54, 1.807) is 6.92 Å². The number of esters is 1. The quantitative estimate of drug-likeness (QED) is 0.554. The van der Waals surface area contributed by atoms with Gasteiger partial charge in [-0.25, -0.2) is 4.79 Å². The average molecular weight is 217 g/mol. The van der Waals surface area contributed by atoms with Gasteiger partial charge in [-0.15, -0.1) is 0 Å². The first-order valence-electron chi connectivity index (χ1n) is 4.80. The fraction of sp³-hybridized carbons (Fsp3) is 0.778. The number of ether oxygens (including phenoxy) is 1. The summed E-state index contributed by atoms with van der Waals surface area (Å²) < 4.78 is 4.56. The van der Waals surface area contributed by atoms with Crippen molar-refractivity contribution in [3.05, 3.63) is 0 Å². The molecule has 1 aliphatic rings. The highest BCUT2D eigenvalue weighted by Gasteiger charge is 2.19. The fourth-order valence-corrected chi connectivity index (χ4v) is 2.48. The number of carbonyl (C=O) groups is 2. The smallest absolute Gasteiger partial charge is 0.396 e. The molecule has 0 bridgehead atoms. The van der Waals surface area contributed by atoms with Gasteiger partial charge in [0.2, 0.25) is 0 Å². The van der Waals surface area contributed by atoms with Crippen LogP contribution in [-0.2, 0) is 14.3 Å². The molecule has 1 saturated heterocycles. The number of nitrogens with one attached hydrogen (secondary N) is 1. The van der Waals surface area contributed by atoms with Crippen LogP contribution in [0.25, 0.3) is 0 Å². The second-order valence-electron chi connectivity index (χ2n) is 3.07. The second-order valence-corrected chi connectivity index (χ2v) is 4.47. The Labute approximate surface area is 87.8 Å². The Morgan fingerprint density at radius 2 is 2.36 bits per heavy atom. The lowest BCUT2D eigenvalue weighted by Crippen LogP contribution is -2.36. The molecule has 80 valence electrons. The number of amides is 1. The first-order valence-corrected chi connectivity index (χ1v) is 5.85. The molecule has 1 N–H and O–H groups in total. The summed E-state index contributed by atoms with van der Waals surface area (Å²) in [6, 6.07) is 0. The molecule has 1 unspecified atom stereocenters. The molecule has 0 spiro atoms. The van der Waals surface area contributed by atoms with Crippen LogP contribution in [-0.4, -0.2) is 36.0 Å². The van der Waals surface area contributed by atoms with Gasteiger partial charge in [-0.05, 0) is 25.5 Å². The normalized spacial score (nSPS) is 20.5. The molecule has 0 aromatic rings. The van der Waals surface area contributed by atoms with Gasteiger partial charge in [-0.2, -0.15) is 11.8 Å². The zero-order valence-electron chi connectivity index (χ0n) is 8.25. The maximum absolute atomic E-state index is 11.1. The van der Waals surface area contributed by atoms with Crippen molar-refractivity contribution in [2.24, 2.45) is 0 Å². The minimum Gasteiger partial charge on any atom is -0.459 e. The molecule has 0 aliphatic carbocycles. The van der Waals surface area contributed by atoms with Gasteiger partial charge in [-0.3, -0.25) is 4.79 Å². The van der Waals surface area contributed by atoms with Gasteiger partial charge < -0.3 is 10.1 Å². The number of thioether (sulfide) groups is 1. The molecular weight excluding hydrogens is 202 g/mol. The largest absolute Gasteiger partial charge is 0.459 e. The van der Waals surface area contributed by atoms with Crippen molar-refractivity contribution >= 4 is 23.6 Å². The highest BCUT2D eigenvalue weighted by Crippen LogP contribution is 2.25. The zero-order chi connectivity index (χ0) is 10.4. The summed E-state index contributed by atoms with van der Waals surface area (Å²) in [6.07, 6.45) is 2.32. The topological polar surface area (TPSA) is 55.4 Å². The van der Waals surface area contributed by atoms with Gasteiger partial charge in [0.25, 0.3) is 0 Å². The van der Waals surface area contributed by atoms with Crippen molar-refractivity contribution in [1.82, 2.24) is 5.32 Å². The SMILES string of the molecule is CCOC(=O)C(=O)NCC1CCCS1. The molecule has 5 heteroatoms. The predicted octanol–water partition coefficient (Wildman–Crippen LogP) is 0.561. The Bertz CT molecular complexity index is 214. The van der Waals surface area contributed by atoms with Gasteiger partial charge >= 0.3 is 11.9 Å². The summed E-state index contributed by atoms with van der Waals surface area (Å²) in [7, 11) is 0. The number of rotatable bonds is 3. The van der Waals surface area contributed by atoms with Crippen LogP contribution in [0.15, 0.2) is 0 Å². The Kier molecular flexibility index (Phi) is 4.79. The minimum atomic E-state index is -0.782. The van der Waals surface area contributed by atoms with Gasteiger partial charge in [-0.1, -0.05) is 0 Å². The molecule has 14 heavy (non-hydrogen) atoms. The molecule has 0 aromatic heterocycles. The molecule has 1 atom stereocenters. The van der Waals surface area contributed by atoms with Gasteiger partial charge in [0, 0.05) is 11.8 Å². The van der Waals surface area contributed by atoms with Crippen molar-refractivity contribution in [2.45, 2.75) is 25.0 Å². The van der Waals surface area contributed by atoms with Crippen LogP contribution in [0.4, 0.5) is 0 Å². The van der Waals surface area contributed by atoms with Crippen molar-refractivity contribution < 1.29 is 14.3 Å². The first kappa shape index (κ1) is 11.4. The van der Waals surface area contributed by atoms with Crippen LogP contribution < -0.4 is 5.32 Å². The van der Waals surface area contributed by atoms with E-state index in [1.807, 2.05) is 11.8 Å². The Hall–Kier alpha value is -0.710. The summed E-state index contributed by atoms with van der Waals surface area (Å²) in [4.78, 5) is 22.0. The monoisotopic (exact) mass is 217 g/mol. The second kappa shape index (κ2) is 5.90. The van der Waals surface area contributed by atoms with Crippen molar-refractivity contribution in [1.29, 1.82) is 0 Å². The van der Waals surface area contributed by atoms with E-state index in [0.29, 0.717) is 11.8 Å². The van der Waals surface area contributed by atoms with Crippen LogP contribution >= 0.6 is 11.8 Å². The molecule has 0 saturated carbocycles. The molecule has 1 rings (SSSR count). The third-order valence-corrected chi connectivity index (χ3v) is 3.37. The third-order valence-electron chi connectivity index (χ3n) is 1.98. The van der Waals surface area contributed by atoms with Crippen molar-refractivity contribution in [2.75, 3.05) is 18.9 Å². The Morgan fingerprint density at radius 1 is 1.57 bits per heavy atom. The highest BCUT2D eigenvalue weighted by molar-refractivity contribution is 8.00. The lowest BCUT2D eigenvalue weighted by molar-refractivity contribution is -0.154. The first-order chi connectivity index (χ1) is 6.74. The minimum absolute atomic E-state index is 0.241. The molecule has 1 aliphatic heterocycles. The summed E-state index contributed by atoms with van der Waals surface area (Å²) in [5.74, 6) is -0.255. The number of hydrogen-bond acceptors (Lipinski definition) is 4. The van der Waals surface area contributed by atoms with E-state index in [1.165, 1.54) is 6.42 Å². The molecular formula is C9H15NO3S. The summed E-state index contributed by atoms with van der Waals surface area (Å²) >= 11 is 1.84. The van der Waals surface area contributed by atoms with Crippen LogP contribution in [0.1, 0.15) is 19.8 Å². The van der Waals surface area contributed by atoms with E-state index in [0.717, 1.165) is 12.2 Å². The van der Waals surface area contributed by atoms with Crippen molar-refractivity contribution in [3.8, 4) is 0 Å². The van der Waals surface area contributed by atoms with E-state index in [-0.39, 0.29) is 6.61 Å². The molecule has 0 aromatic carbocycles. The van der Waals surface area contributed by atoms with Gasteiger partial charge in [0.05, 0.1) is 6.61 Å². The van der Waals surface area contributed by atoms with Gasteiger partial charge in [0.15, 0.2) is 0 Å². The van der Waals surface area contributed by atoms with Crippen molar-refractivity contribution in [3.63, 3.8) is 0 Å². The Morgan fingerprint density at radius 3 is 2.93 bits per heavy atom. The highest BCUT2D eigenvalue weighted by atomic mass is 32.2. The standard InChI is InChI=1S/C9H15NO3S/c1-2-13-9(12)8(11)10-6-7-4-3-5-14-7/h7H,2-6H2,1H3,(H,10,11). The maximum atomic E-state index is 11.1. The zero-order valence-corrected chi connectivity index (χ0v) is 9.06. The van der Waals surface area contributed by atoms with E-state index in [2.05, 4.69) is 10.1 Å². The summed E-state index contributed by atoms with van der Waals surface area (Å²) in [5.41, 5.74) is 0. The average Bonchev–Trinajstić information content (AvgIpc) is 2.67. The van der Waals surface area contributed by atoms with Crippen LogP contribution in [0.3, 0.4) is 0 Å². The third kappa shape index (κ3) is 3.57. The van der Waals surface area contributed by atoms with E-state index < -0.39 is 11.9 Å². The van der Waals surface area contributed by atoms with Crippen LogP contribution in [0, 0.1) is 0 Å².